The summed E-state index contributed by atoms with van der Waals surface area (Å²) in [5.41, 5.74) is 0. The number of hydrogen-bond acceptors (Lipinski definition) is 4. The number of amides is 1. The van der Waals surface area contributed by atoms with E-state index in [2.05, 4.69) is 5.32 Å². The second-order valence-corrected chi connectivity index (χ2v) is 3.60. The van der Waals surface area contributed by atoms with Crippen molar-refractivity contribution < 1.29 is 24.2 Å². The van der Waals surface area contributed by atoms with Crippen molar-refractivity contribution in [2.45, 2.75) is 25.7 Å². The van der Waals surface area contributed by atoms with Crippen molar-refractivity contribution in [3.8, 4) is 0 Å². The number of ether oxygens (including phenoxy) is 2. The smallest absolute Gasteiger partial charge is 0.303 e. The van der Waals surface area contributed by atoms with Crippen molar-refractivity contribution >= 4 is 11.9 Å². The van der Waals surface area contributed by atoms with Gasteiger partial charge in [0.1, 0.15) is 6.61 Å². The molecule has 0 unspecified atom stereocenters. The second-order valence-electron chi connectivity index (χ2n) is 3.60. The first-order chi connectivity index (χ1) is 8.16. The molecule has 100 valence electrons. The molecule has 6 nitrogen and oxygen atoms in total. The normalized spacial score (nSPS) is 10.2. The van der Waals surface area contributed by atoms with Crippen LogP contribution in [0.25, 0.3) is 0 Å². The highest BCUT2D eigenvalue weighted by Crippen LogP contribution is 1.98. The molecule has 6 heteroatoms. The molecule has 0 aromatic carbocycles. The van der Waals surface area contributed by atoms with E-state index < -0.39 is 5.97 Å². The molecule has 0 rings (SSSR count). The molecule has 0 heterocycles. The van der Waals surface area contributed by atoms with Gasteiger partial charge >= 0.3 is 5.97 Å². The Morgan fingerprint density at radius 3 is 2.59 bits per heavy atom. The fourth-order valence-corrected chi connectivity index (χ4v) is 1.16. The van der Waals surface area contributed by atoms with E-state index in [-0.39, 0.29) is 18.9 Å². The van der Waals surface area contributed by atoms with E-state index in [1.54, 1.807) is 7.11 Å². The van der Waals surface area contributed by atoms with E-state index in [1.165, 1.54) is 0 Å². The highest BCUT2D eigenvalue weighted by Gasteiger charge is 2.00. The predicted octanol–water partition coefficient (Wildman–Crippen LogP) is 0.411. The van der Waals surface area contributed by atoms with Gasteiger partial charge in [0.05, 0.1) is 13.2 Å². The Labute approximate surface area is 101 Å². The molecule has 0 saturated carbocycles. The van der Waals surface area contributed by atoms with E-state index in [0.29, 0.717) is 26.2 Å². The lowest BCUT2D eigenvalue weighted by Gasteiger charge is -2.05. The number of nitrogens with one attached hydrogen (secondary N) is 1. The van der Waals surface area contributed by atoms with Gasteiger partial charge < -0.3 is 19.9 Å². The maximum absolute atomic E-state index is 11.2. The SMILES string of the molecule is COCCOCC(=O)NCCCCCC(=O)O. The lowest BCUT2D eigenvalue weighted by Crippen LogP contribution is -2.29. The highest BCUT2D eigenvalue weighted by atomic mass is 16.5. The summed E-state index contributed by atoms with van der Waals surface area (Å²) in [5, 5.41) is 11.1. The molecule has 0 aromatic heterocycles. The van der Waals surface area contributed by atoms with Gasteiger partial charge in [-0.05, 0) is 12.8 Å². The van der Waals surface area contributed by atoms with E-state index in [0.717, 1.165) is 12.8 Å². The van der Waals surface area contributed by atoms with Crippen LogP contribution in [-0.4, -0.2) is 50.5 Å². The molecule has 0 atom stereocenters. The fourth-order valence-electron chi connectivity index (χ4n) is 1.16. The summed E-state index contributed by atoms with van der Waals surface area (Å²) in [6, 6.07) is 0. The Morgan fingerprint density at radius 2 is 1.94 bits per heavy atom. The molecule has 0 spiro atoms. The van der Waals surface area contributed by atoms with Crippen LogP contribution in [0.3, 0.4) is 0 Å². The molecule has 0 fully saturated rings. The first kappa shape index (κ1) is 15.9. The van der Waals surface area contributed by atoms with Gasteiger partial charge in [0.25, 0.3) is 0 Å². The maximum Gasteiger partial charge on any atom is 0.303 e. The van der Waals surface area contributed by atoms with Crippen LogP contribution in [0.4, 0.5) is 0 Å². The number of carbonyl (C=O) groups is 2. The van der Waals surface area contributed by atoms with Gasteiger partial charge in [-0.15, -0.1) is 0 Å². The molecule has 0 aromatic rings. The fraction of sp³-hybridized carbons (Fsp3) is 0.818. The number of hydrogen-bond donors (Lipinski definition) is 2. The third-order valence-electron chi connectivity index (χ3n) is 2.05. The van der Waals surface area contributed by atoms with Crippen LogP contribution >= 0.6 is 0 Å². The lowest BCUT2D eigenvalue weighted by molar-refractivity contribution is -0.137. The van der Waals surface area contributed by atoms with Crippen LogP contribution < -0.4 is 5.32 Å². The Kier molecular flexibility index (Phi) is 10.6. The summed E-state index contributed by atoms with van der Waals surface area (Å²) in [7, 11) is 1.57. The van der Waals surface area contributed by atoms with Gasteiger partial charge in [0.15, 0.2) is 0 Å². The molecule has 0 aliphatic heterocycles. The van der Waals surface area contributed by atoms with Crippen molar-refractivity contribution in [1.82, 2.24) is 5.32 Å². The minimum Gasteiger partial charge on any atom is -0.481 e. The largest absolute Gasteiger partial charge is 0.481 e. The van der Waals surface area contributed by atoms with Gasteiger partial charge in [0.2, 0.25) is 5.91 Å². The molecule has 0 aliphatic carbocycles. The van der Waals surface area contributed by atoms with Gasteiger partial charge in [-0.25, -0.2) is 0 Å². The van der Waals surface area contributed by atoms with Crippen LogP contribution in [0.1, 0.15) is 25.7 Å². The van der Waals surface area contributed by atoms with Crippen LogP contribution in [-0.2, 0) is 19.1 Å². The summed E-state index contributed by atoms with van der Waals surface area (Å²) in [5.74, 6) is -0.931. The zero-order valence-electron chi connectivity index (χ0n) is 10.2. The number of carboxylic acid groups (broad SMARTS) is 1. The zero-order valence-corrected chi connectivity index (χ0v) is 10.2. The Bertz CT molecular complexity index is 220. The third-order valence-corrected chi connectivity index (χ3v) is 2.05. The number of methoxy groups -OCH3 is 1. The molecular formula is C11H21NO5. The van der Waals surface area contributed by atoms with E-state index >= 15 is 0 Å². The standard InChI is InChI=1S/C11H21NO5/c1-16-7-8-17-9-10(13)12-6-4-2-3-5-11(14)15/h2-9H2,1H3,(H,12,13)(H,14,15). The van der Waals surface area contributed by atoms with E-state index in [9.17, 15) is 9.59 Å². The van der Waals surface area contributed by atoms with Gasteiger partial charge in [0, 0.05) is 20.1 Å². The minimum absolute atomic E-state index is 0.0402. The maximum atomic E-state index is 11.2. The van der Waals surface area contributed by atoms with Gasteiger partial charge in [-0.3, -0.25) is 9.59 Å². The highest BCUT2D eigenvalue weighted by molar-refractivity contribution is 5.77. The number of carboxylic acids is 1. The van der Waals surface area contributed by atoms with Crippen LogP contribution in [0.2, 0.25) is 0 Å². The monoisotopic (exact) mass is 247 g/mol. The summed E-state index contributed by atoms with van der Waals surface area (Å²) >= 11 is 0. The average Bonchev–Trinajstić information content (AvgIpc) is 2.29. The minimum atomic E-state index is -0.777. The summed E-state index contributed by atoms with van der Waals surface area (Å²) in [6.45, 7) is 1.48. The van der Waals surface area contributed by atoms with Gasteiger partial charge in [-0.1, -0.05) is 6.42 Å². The molecule has 0 radical (unpaired) electrons. The zero-order chi connectivity index (χ0) is 12.9. The lowest BCUT2D eigenvalue weighted by atomic mass is 10.2. The van der Waals surface area contributed by atoms with Crippen molar-refractivity contribution in [1.29, 1.82) is 0 Å². The molecule has 0 bridgehead atoms. The number of carbonyl (C=O) groups excluding carboxylic acids is 1. The second kappa shape index (κ2) is 11.3. The van der Waals surface area contributed by atoms with E-state index in [1.807, 2.05) is 0 Å². The Hall–Kier alpha value is -1.14. The summed E-state index contributed by atoms with van der Waals surface area (Å²) in [6.07, 6.45) is 2.43. The molecule has 17 heavy (non-hydrogen) atoms. The Morgan fingerprint density at radius 1 is 1.18 bits per heavy atom. The van der Waals surface area contributed by atoms with Crippen LogP contribution in [0.15, 0.2) is 0 Å². The van der Waals surface area contributed by atoms with Crippen molar-refractivity contribution in [3.63, 3.8) is 0 Å². The van der Waals surface area contributed by atoms with Crippen molar-refractivity contribution in [2.75, 3.05) is 33.5 Å². The average molecular weight is 247 g/mol. The predicted molar refractivity (Wildman–Crippen MR) is 61.8 cm³/mol. The van der Waals surface area contributed by atoms with Gasteiger partial charge in [-0.2, -0.15) is 0 Å². The Balaban J connectivity index is 3.19. The van der Waals surface area contributed by atoms with Crippen molar-refractivity contribution in [3.05, 3.63) is 0 Å². The quantitative estimate of drug-likeness (QED) is 0.517. The number of unbranched alkanes of at least 4 members (excludes halogenated alkanes) is 2. The molecule has 1 amide bonds. The number of rotatable bonds is 11. The van der Waals surface area contributed by atoms with Crippen LogP contribution in [0.5, 0.6) is 0 Å². The van der Waals surface area contributed by atoms with E-state index in [4.69, 9.17) is 14.6 Å². The summed E-state index contributed by atoms with van der Waals surface area (Å²) in [4.78, 5) is 21.4. The number of aliphatic carboxylic acids is 1. The topological polar surface area (TPSA) is 84.9 Å². The van der Waals surface area contributed by atoms with Crippen LogP contribution in [0, 0.1) is 0 Å². The van der Waals surface area contributed by atoms with Crippen molar-refractivity contribution in [2.24, 2.45) is 0 Å². The molecule has 0 saturated heterocycles. The molecular weight excluding hydrogens is 226 g/mol. The summed E-state index contributed by atoms with van der Waals surface area (Å²) < 4.78 is 9.79. The molecule has 0 aliphatic rings. The molecule has 2 N–H and O–H groups in total. The first-order valence-electron chi connectivity index (χ1n) is 5.72. The third kappa shape index (κ3) is 12.8. The first-order valence-corrected chi connectivity index (χ1v) is 5.72.